The Labute approximate surface area is 125 Å². The lowest BCUT2D eigenvalue weighted by Crippen LogP contribution is -1.99. The zero-order chi connectivity index (χ0) is 15.1. The summed E-state index contributed by atoms with van der Waals surface area (Å²) in [4.78, 5) is 0. The molecule has 5 nitrogen and oxygen atoms in total. The molecule has 0 fully saturated rings. The summed E-state index contributed by atoms with van der Waals surface area (Å²) in [5, 5.41) is 25.6. The third-order valence-corrected chi connectivity index (χ3v) is 3.67. The Bertz CT molecular complexity index is 672. The van der Waals surface area contributed by atoms with Crippen LogP contribution in [0.5, 0.6) is 0 Å². The average Bonchev–Trinajstić information content (AvgIpc) is 2.97. The summed E-state index contributed by atoms with van der Waals surface area (Å²) in [6, 6.07) is 9.92. The van der Waals surface area contributed by atoms with Crippen LogP contribution in [0.15, 0.2) is 33.9 Å². The van der Waals surface area contributed by atoms with Crippen LogP contribution in [0.4, 0.5) is 4.39 Å². The summed E-state index contributed by atoms with van der Waals surface area (Å²) in [5.41, 5.74) is 0.636. The Kier molecular flexibility index (Phi) is 5.30. The van der Waals surface area contributed by atoms with Crippen LogP contribution in [0, 0.1) is 34.4 Å². The molecule has 0 aliphatic heterocycles. The number of benzene rings is 1. The SMILES string of the molecule is N#CCCC(C#N)CSc1nnc(-c2ccc(F)cc2)o1. The van der Waals surface area contributed by atoms with Crippen LogP contribution >= 0.6 is 11.8 Å². The highest BCUT2D eigenvalue weighted by molar-refractivity contribution is 7.99. The zero-order valence-corrected chi connectivity index (χ0v) is 11.8. The molecule has 0 saturated carbocycles. The first-order valence-corrected chi connectivity index (χ1v) is 7.20. The highest BCUT2D eigenvalue weighted by atomic mass is 32.2. The molecule has 0 aliphatic rings. The smallest absolute Gasteiger partial charge is 0.276 e. The molecule has 0 radical (unpaired) electrons. The molecule has 0 spiro atoms. The molecule has 1 heterocycles. The van der Waals surface area contributed by atoms with Gasteiger partial charge in [0.25, 0.3) is 5.22 Å². The molecule has 0 amide bonds. The average molecular weight is 302 g/mol. The van der Waals surface area contributed by atoms with Gasteiger partial charge in [-0.3, -0.25) is 0 Å². The fourth-order valence-corrected chi connectivity index (χ4v) is 2.39. The van der Waals surface area contributed by atoms with E-state index in [0.717, 1.165) is 0 Å². The highest BCUT2D eigenvalue weighted by Gasteiger charge is 2.13. The van der Waals surface area contributed by atoms with Gasteiger partial charge in [-0.25, -0.2) is 4.39 Å². The number of halogens is 1. The molecule has 21 heavy (non-hydrogen) atoms. The number of rotatable bonds is 6. The molecule has 7 heteroatoms. The van der Waals surface area contributed by atoms with Crippen LogP contribution in [0.1, 0.15) is 12.8 Å². The summed E-state index contributed by atoms with van der Waals surface area (Å²) < 4.78 is 18.3. The molecule has 106 valence electrons. The second-order valence-corrected chi connectivity index (χ2v) is 5.19. The number of thioether (sulfide) groups is 1. The van der Waals surface area contributed by atoms with Gasteiger partial charge in [0, 0.05) is 17.7 Å². The number of hydrogen-bond acceptors (Lipinski definition) is 6. The Balaban J connectivity index is 1.96. The van der Waals surface area contributed by atoms with Crippen LogP contribution in [0.2, 0.25) is 0 Å². The first-order chi connectivity index (χ1) is 10.2. The molecule has 0 bridgehead atoms. The van der Waals surface area contributed by atoms with Crippen molar-refractivity contribution in [2.24, 2.45) is 5.92 Å². The largest absolute Gasteiger partial charge is 0.411 e. The van der Waals surface area contributed by atoms with E-state index in [-0.39, 0.29) is 11.7 Å². The summed E-state index contributed by atoms with van der Waals surface area (Å²) >= 11 is 1.28. The second-order valence-electron chi connectivity index (χ2n) is 4.21. The summed E-state index contributed by atoms with van der Waals surface area (Å²) in [6.07, 6.45) is 0.877. The van der Waals surface area contributed by atoms with Crippen molar-refractivity contribution in [3.63, 3.8) is 0 Å². The van der Waals surface area contributed by atoms with Crippen molar-refractivity contribution in [2.45, 2.75) is 18.1 Å². The summed E-state index contributed by atoms with van der Waals surface area (Å²) in [7, 11) is 0. The molecule has 2 rings (SSSR count). The van der Waals surface area contributed by atoms with Crippen LogP contribution < -0.4 is 0 Å². The van der Waals surface area contributed by atoms with Gasteiger partial charge in [0.1, 0.15) is 5.82 Å². The molecule has 1 aromatic carbocycles. The van der Waals surface area contributed by atoms with E-state index in [4.69, 9.17) is 14.9 Å². The lowest BCUT2D eigenvalue weighted by Gasteiger charge is -2.02. The molecular formula is C14H11FN4OS. The molecule has 1 unspecified atom stereocenters. The third-order valence-electron chi connectivity index (χ3n) is 2.69. The first kappa shape index (κ1) is 15.0. The van der Waals surface area contributed by atoms with Gasteiger partial charge in [-0.15, -0.1) is 10.2 Å². The minimum atomic E-state index is -0.331. The normalized spacial score (nSPS) is 11.6. The molecule has 1 atom stereocenters. The first-order valence-electron chi connectivity index (χ1n) is 6.21. The topological polar surface area (TPSA) is 86.5 Å². The minimum Gasteiger partial charge on any atom is -0.411 e. The number of hydrogen-bond donors (Lipinski definition) is 0. The number of nitrogens with zero attached hydrogens (tertiary/aromatic N) is 4. The van der Waals surface area contributed by atoms with Gasteiger partial charge in [-0.2, -0.15) is 10.5 Å². The fraction of sp³-hybridized carbons (Fsp3) is 0.286. The third kappa shape index (κ3) is 4.30. The maximum atomic E-state index is 12.8. The number of nitriles is 2. The van der Waals surface area contributed by atoms with E-state index in [1.807, 2.05) is 6.07 Å². The monoisotopic (exact) mass is 302 g/mol. The highest BCUT2D eigenvalue weighted by Crippen LogP contribution is 2.25. The summed E-state index contributed by atoms with van der Waals surface area (Å²) in [6.45, 7) is 0. The molecular weight excluding hydrogens is 291 g/mol. The van der Waals surface area contributed by atoms with Crippen molar-refractivity contribution in [3.05, 3.63) is 30.1 Å². The fourth-order valence-electron chi connectivity index (χ4n) is 1.57. The van der Waals surface area contributed by atoms with E-state index in [1.54, 1.807) is 12.1 Å². The second kappa shape index (κ2) is 7.41. The molecule has 0 aliphatic carbocycles. The van der Waals surface area contributed by atoms with Crippen LogP contribution in [0.25, 0.3) is 11.5 Å². The Hall–Kier alpha value is -2.38. The zero-order valence-electron chi connectivity index (χ0n) is 11.0. The standard InChI is InChI=1S/C14H11FN4OS/c15-12-5-3-11(4-6-12)13-18-19-14(20-13)21-9-10(8-17)2-1-7-16/h3-6,10H,1-2,9H2. The van der Waals surface area contributed by atoms with Crippen LogP contribution in [0.3, 0.4) is 0 Å². The molecule has 0 saturated heterocycles. The minimum absolute atomic E-state index is 0.226. The van der Waals surface area contributed by atoms with Gasteiger partial charge in [0.15, 0.2) is 0 Å². The van der Waals surface area contributed by atoms with Gasteiger partial charge in [-0.1, -0.05) is 11.8 Å². The lowest BCUT2D eigenvalue weighted by molar-refractivity contribution is 0.465. The van der Waals surface area contributed by atoms with E-state index < -0.39 is 0 Å². The number of aromatic nitrogens is 2. The van der Waals surface area contributed by atoms with Crippen LogP contribution in [-0.4, -0.2) is 16.0 Å². The maximum absolute atomic E-state index is 12.8. The van der Waals surface area contributed by atoms with Crippen molar-refractivity contribution < 1.29 is 8.81 Å². The maximum Gasteiger partial charge on any atom is 0.276 e. The Morgan fingerprint density at radius 2 is 2.00 bits per heavy atom. The van der Waals surface area contributed by atoms with E-state index in [9.17, 15) is 4.39 Å². The predicted molar refractivity (Wildman–Crippen MR) is 74.4 cm³/mol. The predicted octanol–water partition coefficient (Wildman–Crippen LogP) is 3.41. The van der Waals surface area contributed by atoms with Gasteiger partial charge in [0.2, 0.25) is 5.89 Å². The van der Waals surface area contributed by atoms with E-state index >= 15 is 0 Å². The lowest BCUT2D eigenvalue weighted by atomic mass is 10.1. The van der Waals surface area contributed by atoms with E-state index in [0.29, 0.717) is 35.3 Å². The van der Waals surface area contributed by atoms with Crippen molar-refractivity contribution >= 4 is 11.8 Å². The summed E-state index contributed by atoms with van der Waals surface area (Å²) in [5.74, 6) is 0.240. The van der Waals surface area contributed by atoms with Gasteiger partial charge < -0.3 is 4.42 Å². The van der Waals surface area contributed by atoms with Crippen molar-refractivity contribution in [2.75, 3.05) is 5.75 Å². The van der Waals surface area contributed by atoms with Crippen molar-refractivity contribution in [3.8, 4) is 23.6 Å². The molecule has 1 aromatic heterocycles. The van der Waals surface area contributed by atoms with E-state index in [1.165, 1.54) is 23.9 Å². The van der Waals surface area contributed by atoms with Gasteiger partial charge in [-0.05, 0) is 30.7 Å². The van der Waals surface area contributed by atoms with Crippen molar-refractivity contribution in [1.82, 2.24) is 10.2 Å². The van der Waals surface area contributed by atoms with Crippen molar-refractivity contribution in [1.29, 1.82) is 10.5 Å². The molecule has 2 aromatic rings. The van der Waals surface area contributed by atoms with Gasteiger partial charge >= 0.3 is 0 Å². The quantitative estimate of drug-likeness (QED) is 0.760. The van der Waals surface area contributed by atoms with E-state index in [2.05, 4.69) is 16.3 Å². The Morgan fingerprint density at radius 1 is 1.24 bits per heavy atom. The van der Waals surface area contributed by atoms with Crippen LogP contribution in [-0.2, 0) is 0 Å². The van der Waals surface area contributed by atoms with Gasteiger partial charge in [0.05, 0.1) is 18.1 Å². The molecule has 0 N–H and O–H groups in total. The Morgan fingerprint density at radius 3 is 2.67 bits per heavy atom.